The molecule has 1 aliphatic heterocycles. The van der Waals surface area contributed by atoms with E-state index in [4.69, 9.17) is 10.2 Å². The number of nitrogens with zero attached hydrogens (tertiary/aromatic N) is 3. The van der Waals surface area contributed by atoms with Gasteiger partial charge in [-0.2, -0.15) is 0 Å². The maximum absolute atomic E-state index is 14.0. The summed E-state index contributed by atoms with van der Waals surface area (Å²) in [6.45, 7) is 4.40. The van der Waals surface area contributed by atoms with Crippen LogP contribution in [0.2, 0.25) is 0 Å². The Labute approximate surface area is 248 Å². The second-order valence-corrected chi connectivity index (χ2v) is 12.6. The molecule has 0 radical (unpaired) electrons. The highest BCUT2D eigenvalue weighted by Crippen LogP contribution is 2.51. The van der Waals surface area contributed by atoms with E-state index in [9.17, 15) is 34.2 Å². The van der Waals surface area contributed by atoms with E-state index in [2.05, 4.69) is 16.8 Å². The summed E-state index contributed by atoms with van der Waals surface area (Å²) in [5.74, 6) is -9.40. The molecular weight excluding hydrogens is 556 g/mol. The maximum Gasteiger partial charge on any atom is 0.235 e. The van der Waals surface area contributed by atoms with E-state index >= 15 is 0 Å². The van der Waals surface area contributed by atoms with Crippen LogP contribution in [0.25, 0.3) is 11.3 Å². The molecule has 1 aromatic heterocycles. The van der Waals surface area contributed by atoms with E-state index in [1.165, 1.54) is 11.0 Å². The molecular formula is C31H36N4O8. The molecule has 1 amide bonds. The first-order chi connectivity index (χ1) is 20.3. The molecule has 4 N–H and O–H groups in total. The summed E-state index contributed by atoms with van der Waals surface area (Å²) in [5, 5.41) is 22.5. The molecule has 12 heteroatoms. The van der Waals surface area contributed by atoms with Crippen LogP contribution >= 0.6 is 0 Å². The van der Waals surface area contributed by atoms with Crippen LogP contribution in [0.4, 0.5) is 0 Å². The van der Waals surface area contributed by atoms with E-state index < -0.39 is 64.4 Å². The van der Waals surface area contributed by atoms with E-state index in [0.29, 0.717) is 23.4 Å². The van der Waals surface area contributed by atoms with Gasteiger partial charge in [-0.3, -0.25) is 33.8 Å². The average Bonchev–Trinajstić information content (AvgIpc) is 3.40. The van der Waals surface area contributed by atoms with Gasteiger partial charge in [0.25, 0.3) is 0 Å². The fraction of sp³-hybridized carbons (Fsp3) is 0.516. The Morgan fingerprint density at radius 1 is 1.07 bits per heavy atom. The second kappa shape index (κ2) is 10.5. The van der Waals surface area contributed by atoms with E-state index in [1.54, 1.807) is 20.2 Å². The minimum Gasteiger partial charge on any atom is -0.507 e. The van der Waals surface area contributed by atoms with Crippen LogP contribution in [0, 0.1) is 23.7 Å². The van der Waals surface area contributed by atoms with Crippen molar-refractivity contribution in [2.45, 2.75) is 31.0 Å². The highest BCUT2D eigenvalue weighted by Gasteiger charge is 2.69. The van der Waals surface area contributed by atoms with Crippen molar-refractivity contribution in [2.24, 2.45) is 29.4 Å². The predicted molar refractivity (Wildman–Crippen MR) is 152 cm³/mol. The summed E-state index contributed by atoms with van der Waals surface area (Å²) in [5.41, 5.74) is 3.69. The number of phenols is 1. The number of amides is 1. The molecule has 2 saturated carbocycles. The van der Waals surface area contributed by atoms with Gasteiger partial charge in [-0.05, 0) is 69.7 Å². The lowest BCUT2D eigenvalue weighted by atomic mass is 9.52. The number of nitrogens with two attached hydrogens (primary N) is 1. The van der Waals surface area contributed by atoms with Crippen molar-refractivity contribution in [3.63, 3.8) is 0 Å². The normalized spacial score (nSPS) is 31.6. The number of rotatable bonds is 5. The van der Waals surface area contributed by atoms with Gasteiger partial charge in [-0.25, -0.2) is 0 Å². The quantitative estimate of drug-likeness (QED) is 0.395. The first-order valence-corrected chi connectivity index (χ1v) is 14.5. The summed E-state index contributed by atoms with van der Waals surface area (Å²) < 4.78 is 6.22. The first-order valence-electron chi connectivity index (χ1n) is 14.5. The van der Waals surface area contributed by atoms with Crippen LogP contribution < -0.4 is 5.73 Å². The Bertz CT molecular complexity index is 1540. The number of carbonyl (C=O) groups excluding carboxylic acids is 5. The summed E-state index contributed by atoms with van der Waals surface area (Å²) in [4.78, 5) is 72.8. The van der Waals surface area contributed by atoms with Crippen molar-refractivity contribution >= 4 is 29.0 Å². The summed E-state index contributed by atoms with van der Waals surface area (Å²) >= 11 is 0. The molecule has 4 aliphatic rings. The number of furan rings is 1. The fourth-order valence-electron chi connectivity index (χ4n) is 7.67. The number of benzene rings is 1. The van der Waals surface area contributed by atoms with Gasteiger partial charge < -0.3 is 25.3 Å². The van der Waals surface area contributed by atoms with Crippen LogP contribution in [-0.4, -0.2) is 113 Å². The third-order valence-electron chi connectivity index (χ3n) is 9.85. The number of phenolic OH excluding ortho intramolecular Hbond substituents is 1. The standard InChI is InChI=1S/C31H36N4O8/c1-33(2)25-19-13-15-12-18-17(21-7-4-16(43-21)14-35-10-8-34(3)9-11-35)5-6-20(36)23(18)26(37)22(15)28(39)31(19,42)29(40)24(27(25)38)30(32)41/h4-7,15,19,22,24-25,36,42H,8-14H2,1-3H3,(H2,32,41). The Morgan fingerprint density at radius 2 is 1.77 bits per heavy atom. The third-order valence-corrected chi connectivity index (χ3v) is 9.85. The predicted octanol–water partition coefficient (Wildman–Crippen LogP) is -0.126. The van der Waals surface area contributed by atoms with Crippen LogP contribution in [0.3, 0.4) is 0 Å². The van der Waals surface area contributed by atoms with Gasteiger partial charge in [-0.1, -0.05) is 0 Å². The van der Waals surface area contributed by atoms with Gasteiger partial charge in [0.1, 0.15) is 17.3 Å². The highest BCUT2D eigenvalue weighted by molar-refractivity contribution is 6.32. The topological polar surface area (TPSA) is 175 Å². The molecule has 6 unspecified atom stereocenters. The number of hydrogen-bond acceptors (Lipinski definition) is 11. The molecule has 228 valence electrons. The van der Waals surface area contributed by atoms with Crippen molar-refractivity contribution in [3.05, 3.63) is 41.2 Å². The number of piperazine rings is 1. The molecule has 2 aromatic rings. The summed E-state index contributed by atoms with van der Waals surface area (Å²) in [7, 11) is 5.20. The van der Waals surface area contributed by atoms with Crippen molar-refractivity contribution in [1.29, 1.82) is 0 Å². The molecule has 6 atom stereocenters. The molecule has 2 heterocycles. The maximum atomic E-state index is 14.0. The number of Topliss-reactive ketones (excluding diaryl/α,β-unsaturated/α-hetero) is 4. The van der Waals surface area contributed by atoms with Crippen LogP contribution in [0.1, 0.15) is 28.1 Å². The summed E-state index contributed by atoms with van der Waals surface area (Å²) in [6.07, 6.45) is 0.163. The number of likely N-dealkylation sites (N-methyl/N-ethyl adjacent to an activating group) is 2. The SMILES string of the molecule is CN1CCN(Cc2ccc(-c3ccc(O)c4c3CC3CC5C(N(C)C)C(=O)C(C(N)=O)C(=O)C5(O)C(=O)C3C4=O)o2)CC1. The van der Waals surface area contributed by atoms with Crippen LogP contribution in [0.5, 0.6) is 5.75 Å². The number of aromatic hydroxyl groups is 1. The van der Waals surface area contributed by atoms with E-state index in [-0.39, 0.29) is 24.2 Å². The van der Waals surface area contributed by atoms with Gasteiger partial charge in [0.05, 0.1) is 24.1 Å². The molecule has 1 aromatic carbocycles. The molecule has 12 nitrogen and oxygen atoms in total. The lowest BCUT2D eigenvalue weighted by molar-refractivity contribution is -0.181. The minimum absolute atomic E-state index is 0.00813. The number of ketones is 4. The summed E-state index contributed by atoms with van der Waals surface area (Å²) in [6, 6.07) is 5.61. The van der Waals surface area contributed by atoms with Gasteiger partial charge >= 0.3 is 0 Å². The van der Waals surface area contributed by atoms with E-state index in [0.717, 1.165) is 31.9 Å². The van der Waals surface area contributed by atoms with Crippen LogP contribution in [0.15, 0.2) is 28.7 Å². The number of carbonyl (C=O) groups is 5. The number of aliphatic hydroxyl groups is 1. The largest absolute Gasteiger partial charge is 0.507 e. The molecule has 0 spiro atoms. The zero-order valence-corrected chi connectivity index (χ0v) is 24.4. The lowest BCUT2D eigenvalue weighted by Gasteiger charge is -2.52. The van der Waals surface area contributed by atoms with Crippen LogP contribution in [-0.2, 0) is 32.1 Å². The lowest BCUT2D eigenvalue weighted by Crippen LogP contribution is -2.74. The second-order valence-electron chi connectivity index (χ2n) is 12.6. The number of fused-ring (bicyclic) bond motifs is 3. The Balaban J connectivity index is 1.37. The zero-order chi connectivity index (χ0) is 31.0. The zero-order valence-electron chi connectivity index (χ0n) is 24.4. The molecule has 3 fully saturated rings. The average molecular weight is 593 g/mol. The highest BCUT2D eigenvalue weighted by atomic mass is 16.3. The van der Waals surface area contributed by atoms with Gasteiger partial charge in [0.15, 0.2) is 34.7 Å². The smallest absolute Gasteiger partial charge is 0.235 e. The fourth-order valence-corrected chi connectivity index (χ4v) is 7.67. The van der Waals surface area contributed by atoms with Crippen molar-refractivity contribution in [3.8, 4) is 17.1 Å². The number of hydrogen-bond donors (Lipinski definition) is 3. The molecule has 0 bridgehead atoms. The Hall–Kier alpha value is -3.71. The monoisotopic (exact) mass is 592 g/mol. The molecule has 6 rings (SSSR count). The Kier molecular flexibility index (Phi) is 7.15. The molecule has 3 aliphatic carbocycles. The van der Waals surface area contributed by atoms with Crippen molar-refractivity contribution < 1.29 is 38.6 Å². The minimum atomic E-state index is -2.75. The first kappa shape index (κ1) is 29.4. The van der Waals surface area contributed by atoms with Crippen molar-refractivity contribution in [2.75, 3.05) is 47.3 Å². The van der Waals surface area contributed by atoms with Gasteiger partial charge in [0, 0.05) is 37.7 Å². The van der Waals surface area contributed by atoms with E-state index in [1.807, 2.05) is 12.1 Å². The van der Waals surface area contributed by atoms with Crippen molar-refractivity contribution in [1.82, 2.24) is 14.7 Å². The number of primary amides is 1. The third kappa shape index (κ3) is 4.46. The van der Waals surface area contributed by atoms with Gasteiger partial charge in [-0.15, -0.1) is 0 Å². The Morgan fingerprint density at radius 3 is 2.42 bits per heavy atom. The molecule has 1 saturated heterocycles. The molecule has 43 heavy (non-hydrogen) atoms. The van der Waals surface area contributed by atoms with Gasteiger partial charge in [0.2, 0.25) is 5.91 Å².